The third-order valence-electron chi connectivity index (χ3n) is 6.79. The monoisotopic (exact) mass is 487 g/mol. The van der Waals surface area contributed by atoms with Gasteiger partial charge in [0, 0.05) is 24.0 Å². The Hall–Kier alpha value is -2.95. The van der Waals surface area contributed by atoms with E-state index in [-0.39, 0.29) is 24.5 Å². The number of halogens is 1. The zero-order valence-electron chi connectivity index (χ0n) is 20.0. The normalized spacial score (nSPS) is 15.3. The lowest BCUT2D eigenvalue weighted by Crippen LogP contribution is -3.09. The second-order valence-electron chi connectivity index (χ2n) is 8.99. The molecule has 0 aliphatic heterocycles. The van der Waals surface area contributed by atoms with Gasteiger partial charge in [0.25, 0.3) is 0 Å². The molecule has 0 amide bonds. The molecule has 4 rings (SSSR count). The van der Waals surface area contributed by atoms with E-state index in [1.165, 1.54) is 16.0 Å². The first kappa shape index (κ1) is 26.7. The molecule has 4 unspecified atom stereocenters. The summed E-state index contributed by atoms with van der Waals surface area (Å²) >= 11 is 0. The lowest BCUT2D eigenvalue weighted by molar-refractivity contribution is -0.945. The largest absolute Gasteiger partial charge is 1.00 e. The Morgan fingerprint density at radius 2 is 0.743 bits per heavy atom. The van der Waals surface area contributed by atoms with Crippen LogP contribution in [0.4, 0.5) is 0 Å². The van der Waals surface area contributed by atoms with Crippen molar-refractivity contribution in [1.29, 1.82) is 0 Å². The minimum atomic E-state index is -0.572. The second kappa shape index (κ2) is 13.2. The van der Waals surface area contributed by atoms with Crippen molar-refractivity contribution in [3.8, 4) is 0 Å². The van der Waals surface area contributed by atoms with Gasteiger partial charge in [0.1, 0.15) is 12.1 Å². The van der Waals surface area contributed by atoms with Crippen molar-refractivity contribution in [3.63, 3.8) is 0 Å². The number of aliphatic hydroxyl groups excluding tert-OH is 2. The van der Waals surface area contributed by atoms with Crippen LogP contribution in [-0.2, 0) is 0 Å². The van der Waals surface area contributed by atoms with E-state index in [2.05, 4.69) is 55.6 Å². The third-order valence-corrected chi connectivity index (χ3v) is 6.79. The third kappa shape index (κ3) is 7.03. The van der Waals surface area contributed by atoms with Crippen LogP contribution in [0.25, 0.3) is 0 Å². The Kier molecular flexibility index (Phi) is 10.1. The smallest absolute Gasteiger partial charge is 0.116 e. The minimum absolute atomic E-state index is 0. The molecule has 0 saturated carbocycles. The van der Waals surface area contributed by atoms with Crippen LogP contribution in [0, 0.1) is 0 Å². The number of quaternary nitrogens is 1. The molecule has 0 aliphatic rings. The summed E-state index contributed by atoms with van der Waals surface area (Å²) in [6, 6.07) is 40.7. The van der Waals surface area contributed by atoms with Gasteiger partial charge in [-0.1, -0.05) is 121 Å². The summed E-state index contributed by atoms with van der Waals surface area (Å²) in [5, 5.41) is 22.3. The van der Waals surface area contributed by atoms with Crippen molar-refractivity contribution in [2.75, 3.05) is 7.05 Å². The Balaban J connectivity index is 0.00000342. The molecule has 0 heterocycles. The highest BCUT2D eigenvalue weighted by Crippen LogP contribution is 2.29. The molecule has 35 heavy (non-hydrogen) atoms. The maximum atomic E-state index is 11.2. The SMILES string of the molecule is C[NH+](C(CC(O)c1ccccc1)c1ccccc1)C(CC(O)c1ccccc1)c1ccccc1.[Cl-]. The lowest BCUT2D eigenvalue weighted by atomic mass is 9.90. The maximum Gasteiger partial charge on any atom is 0.116 e. The first-order valence-electron chi connectivity index (χ1n) is 12.0. The van der Waals surface area contributed by atoms with E-state index in [0.29, 0.717) is 12.8 Å². The summed E-state index contributed by atoms with van der Waals surface area (Å²) in [7, 11) is 2.19. The molecule has 4 atom stereocenters. The molecule has 0 radical (unpaired) electrons. The predicted molar refractivity (Wildman–Crippen MR) is 137 cm³/mol. The summed E-state index contributed by atoms with van der Waals surface area (Å²) in [6.07, 6.45) is 0.0311. The van der Waals surface area contributed by atoms with E-state index < -0.39 is 12.2 Å². The van der Waals surface area contributed by atoms with Gasteiger partial charge in [-0.2, -0.15) is 0 Å². The van der Waals surface area contributed by atoms with Crippen LogP contribution in [0.1, 0.15) is 59.4 Å². The van der Waals surface area contributed by atoms with Crippen LogP contribution in [0.15, 0.2) is 121 Å². The number of benzene rings is 4. The van der Waals surface area contributed by atoms with Gasteiger partial charge >= 0.3 is 0 Å². The molecule has 4 aromatic carbocycles. The molecule has 4 aromatic rings. The number of hydrogen-bond acceptors (Lipinski definition) is 2. The summed E-state index contributed by atoms with van der Waals surface area (Å²) in [4.78, 5) is 1.25. The van der Waals surface area contributed by atoms with Crippen LogP contribution in [-0.4, -0.2) is 17.3 Å². The zero-order valence-corrected chi connectivity index (χ0v) is 20.8. The fraction of sp³-hybridized carbons (Fsp3) is 0.226. The van der Waals surface area contributed by atoms with E-state index in [1.807, 2.05) is 72.8 Å². The van der Waals surface area contributed by atoms with Crippen LogP contribution >= 0.6 is 0 Å². The Bertz CT molecular complexity index is 1020. The molecule has 0 bridgehead atoms. The topological polar surface area (TPSA) is 44.9 Å². The molecule has 0 saturated heterocycles. The Morgan fingerprint density at radius 3 is 1.03 bits per heavy atom. The van der Waals surface area contributed by atoms with Crippen molar-refractivity contribution in [2.45, 2.75) is 37.1 Å². The first-order valence-corrected chi connectivity index (χ1v) is 12.0. The van der Waals surface area contributed by atoms with Gasteiger partial charge in [0.2, 0.25) is 0 Å². The van der Waals surface area contributed by atoms with Gasteiger partial charge in [-0.25, -0.2) is 0 Å². The summed E-state index contributed by atoms with van der Waals surface area (Å²) < 4.78 is 0. The molecule has 0 aliphatic carbocycles. The summed E-state index contributed by atoms with van der Waals surface area (Å²) in [5.74, 6) is 0. The van der Waals surface area contributed by atoms with E-state index in [0.717, 1.165) is 11.1 Å². The summed E-state index contributed by atoms with van der Waals surface area (Å²) in [6.45, 7) is 0. The Morgan fingerprint density at radius 1 is 0.486 bits per heavy atom. The molecule has 3 N–H and O–H groups in total. The van der Waals surface area contributed by atoms with E-state index >= 15 is 0 Å². The second-order valence-corrected chi connectivity index (χ2v) is 8.99. The number of rotatable bonds is 10. The maximum absolute atomic E-state index is 11.2. The molecule has 0 spiro atoms. The standard InChI is InChI=1S/C31H33NO2.ClH/c1-32(28(24-14-6-2-7-15-24)22-30(33)26-18-10-4-11-19-26)29(25-16-8-3-9-17-25)23-31(34)27-20-12-5-13-21-27;/h2-21,28-31,33-34H,22-23H2,1H3;1H. The molecular weight excluding hydrogens is 454 g/mol. The lowest BCUT2D eigenvalue weighted by Gasteiger charge is -2.35. The highest BCUT2D eigenvalue weighted by atomic mass is 35.5. The first-order chi connectivity index (χ1) is 16.6. The van der Waals surface area contributed by atoms with Gasteiger partial charge in [-0.05, 0) is 11.1 Å². The molecular formula is C31H34ClNO2. The van der Waals surface area contributed by atoms with Gasteiger partial charge < -0.3 is 27.5 Å². The van der Waals surface area contributed by atoms with E-state index in [4.69, 9.17) is 0 Å². The minimum Gasteiger partial charge on any atom is -1.00 e. The average Bonchev–Trinajstić information content (AvgIpc) is 2.91. The molecule has 0 fully saturated rings. The van der Waals surface area contributed by atoms with Gasteiger partial charge in [0.05, 0.1) is 19.3 Å². The van der Waals surface area contributed by atoms with Crippen LogP contribution < -0.4 is 17.3 Å². The van der Waals surface area contributed by atoms with E-state index in [1.54, 1.807) is 0 Å². The number of hydrogen-bond donors (Lipinski definition) is 3. The highest BCUT2D eigenvalue weighted by Gasteiger charge is 2.33. The van der Waals surface area contributed by atoms with Crippen LogP contribution in [0.2, 0.25) is 0 Å². The fourth-order valence-electron chi connectivity index (χ4n) is 4.85. The van der Waals surface area contributed by atoms with Gasteiger partial charge in [0.15, 0.2) is 0 Å². The summed E-state index contributed by atoms with van der Waals surface area (Å²) in [5.41, 5.74) is 4.23. The van der Waals surface area contributed by atoms with Crippen molar-refractivity contribution >= 4 is 0 Å². The highest BCUT2D eigenvalue weighted by molar-refractivity contribution is 5.23. The fourth-order valence-corrected chi connectivity index (χ4v) is 4.85. The number of aliphatic hydroxyl groups is 2. The molecule has 4 heteroatoms. The predicted octanol–water partition coefficient (Wildman–Crippen LogP) is 2.24. The van der Waals surface area contributed by atoms with Gasteiger partial charge in [-0.3, -0.25) is 0 Å². The van der Waals surface area contributed by atoms with Crippen molar-refractivity contribution < 1.29 is 27.5 Å². The molecule has 3 nitrogen and oxygen atoms in total. The Labute approximate surface area is 215 Å². The molecule has 0 aromatic heterocycles. The van der Waals surface area contributed by atoms with Gasteiger partial charge in [-0.15, -0.1) is 0 Å². The number of nitrogens with one attached hydrogen (secondary N) is 1. The van der Waals surface area contributed by atoms with E-state index in [9.17, 15) is 10.2 Å². The van der Waals surface area contributed by atoms with Crippen LogP contribution in [0.5, 0.6) is 0 Å². The van der Waals surface area contributed by atoms with Crippen molar-refractivity contribution in [3.05, 3.63) is 144 Å². The zero-order chi connectivity index (χ0) is 23.8. The van der Waals surface area contributed by atoms with Crippen LogP contribution in [0.3, 0.4) is 0 Å². The van der Waals surface area contributed by atoms with Crippen molar-refractivity contribution in [2.24, 2.45) is 0 Å². The average molecular weight is 488 g/mol. The molecule has 182 valence electrons. The van der Waals surface area contributed by atoms with Crippen molar-refractivity contribution in [1.82, 2.24) is 0 Å². The quantitative estimate of drug-likeness (QED) is 0.321.